The van der Waals surface area contributed by atoms with E-state index in [4.69, 9.17) is 16.3 Å². The Hall–Kier alpha value is -2.57. The summed E-state index contributed by atoms with van der Waals surface area (Å²) in [5.41, 5.74) is 1.69. The zero-order valence-corrected chi connectivity index (χ0v) is 19.1. The van der Waals surface area contributed by atoms with E-state index < -0.39 is 0 Å². The van der Waals surface area contributed by atoms with Gasteiger partial charge in [-0.3, -0.25) is 14.5 Å². The summed E-state index contributed by atoms with van der Waals surface area (Å²) in [6, 6.07) is 15.6. The molecule has 2 bridgehead atoms. The van der Waals surface area contributed by atoms with Gasteiger partial charge in [0.2, 0.25) is 11.8 Å². The highest BCUT2D eigenvalue weighted by Crippen LogP contribution is 2.34. The first-order chi connectivity index (χ1) is 15.5. The van der Waals surface area contributed by atoms with Crippen molar-refractivity contribution in [3.8, 4) is 5.75 Å². The average molecular weight is 456 g/mol. The van der Waals surface area contributed by atoms with Gasteiger partial charge in [0.05, 0.1) is 20.1 Å². The van der Waals surface area contributed by atoms with Crippen molar-refractivity contribution in [2.45, 2.75) is 56.7 Å². The topological polar surface area (TPSA) is 70.7 Å². The SMILES string of the molecule is COc1ccc(CC(=O)NC2CC3CCCC(C2)N3CC(=O)Nc2cccc(Cl)c2)cc1. The molecule has 2 aromatic carbocycles. The van der Waals surface area contributed by atoms with Gasteiger partial charge in [0.25, 0.3) is 0 Å². The Morgan fingerprint density at radius 1 is 1.06 bits per heavy atom. The van der Waals surface area contributed by atoms with Gasteiger partial charge in [0.1, 0.15) is 5.75 Å². The lowest BCUT2D eigenvalue weighted by Gasteiger charge is -2.48. The van der Waals surface area contributed by atoms with Crippen molar-refractivity contribution in [1.29, 1.82) is 0 Å². The molecule has 2 aromatic rings. The van der Waals surface area contributed by atoms with E-state index in [1.54, 1.807) is 19.2 Å². The minimum Gasteiger partial charge on any atom is -0.497 e. The molecule has 32 heavy (non-hydrogen) atoms. The first-order valence-electron chi connectivity index (χ1n) is 11.2. The zero-order valence-electron chi connectivity index (χ0n) is 18.4. The number of hydrogen-bond acceptors (Lipinski definition) is 4. The van der Waals surface area contributed by atoms with Crippen LogP contribution in [0.1, 0.15) is 37.7 Å². The van der Waals surface area contributed by atoms with Crippen molar-refractivity contribution >= 4 is 29.1 Å². The molecule has 7 heteroatoms. The van der Waals surface area contributed by atoms with Crippen molar-refractivity contribution in [2.75, 3.05) is 19.0 Å². The summed E-state index contributed by atoms with van der Waals surface area (Å²) in [4.78, 5) is 27.6. The maximum absolute atomic E-state index is 12.7. The molecule has 6 nitrogen and oxygen atoms in total. The third-order valence-electron chi connectivity index (χ3n) is 6.45. The van der Waals surface area contributed by atoms with E-state index in [1.807, 2.05) is 36.4 Å². The summed E-state index contributed by atoms with van der Waals surface area (Å²) in [6.45, 7) is 0.369. The number of nitrogens with zero attached hydrogens (tertiary/aromatic N) is 1. The summed E-state index contributed by atoms with van der Waals surface area (Å²) in [6.07, 6.45) is 5.43. The standard InChI is InChI=1S/C25H30ClN3O3/c1-32-23-10-8-17(9-11-23)12-24(30)28-20-14-21-6-3-7-22(15-20)29(21)16-25(31)27-19-5-2-4-18(26)13-19/h2,4-5,8-11,13,20-22H,3,6-7,12,14-16H2,1H3,(H,27,31)(H,28,30). The Balaban J connectivity index is 1.30. The lowest BCUT2D eigenvalue weighted by atomic mass is 9.81. The number of carbonyl (C=O) groups excluding carboxylic acids is 2. The molecule has 0 saturated carbocycles. The van der Waals surface area contributed by atoms with Crippen LogP contribution in [0.15, 0.2) is 48.5 Å². The summed E-state index contributed by atoms with van der Waals surface area (Å²) in [5.74, 6) is 0.810. The van der Waals surface area contributed by atoms with Gasteiger partial charge in [-0.2, -0.15) is 0 Å². The number of fused-ring (bicyclic) bond motifs is 2. The van der Waals surface area contributed by atoms with E-state index in [-0.39, 0.29) is 17.9 Å². The van der Waals surface area contributed by atoms with Gasteiger partial charge in [-0.25, -0.2) is 0 Å². The van der Waals surface area contributed by atoms with Crippen molar-refractivity contribution in [2.24, 2.45) is 0 Å². The summed E-state index contributed by atoms with van der Waals surface area (Å²) >= 11 is 6.02. The van der Waals surface area contributed by atoms with E-state index in [9.17, 15) is 9.59 Å². The maximum Gasteiger partial charge on any atom is 0.238 e. The minimum absolute atomic E-state index is 0.0221. The minimum atomic E-state index is -0.0221. The lowest BCUT2D eigenvalue weighted by molar-refractivity contribution is -0.124. The molecule has 2 aliphatic heterocycles. The normalized spacial score (nSPS) is 22.8. The second-order valence-corrected chi connectivity index (χ2v) is 9.17. The lowest BCUT2D eigenvalue weighted by Crippen LogP contribution is -2.58. The van der Waals surface area contributed by atoms with E-state index in [1.165, 1.54) is 6.42 Å². The second-order valence-electron chi connectivity index (χ2n) is 8.73. The number of amides is 2. The van der Waals surface area contributed by atoms with Crippen LogP contribution in [0.3, 0.4) is 0 Å². The van der Waals surface area contributed by atoms with Gasteiger partial charge in [-0.1, -0.05) is 36.2 Å². The largest absolute Gasteiger partial charge is 0.497 e. The summed E-state index contributed by atoms with van der Waals surface area (Å²) in [7, 11) is 1.63. The van der Waals surface area contributed by atoms with Crippen LogP contribution in [0.5, 0.6) is 5.75 Å². The molecule has 2 amide bonds. The van der Waals surface area contributed by atoms with E-state index in [2.05, 4.69) is 15.5 Å². The number of carbonyl (C=O) groups is 2. The number of piperidine rings is 2. The Bertz CT molecular complexity index is 936. The number of nitrogens with one attached hydrogen (secondary N) is 2. The quantitative estimate of drug-likeness (QED) is 0.661. The highest BCUT2D eigenvalue weighted by molar-refractivity contribution is 6.30. The van der Waals surface area contributed by atoms with Gasteiger partial charge < -0.3 is 15.4 Å². The highest BCUT2D eigenvalue weighted by atomic mass is 35.5. The third kappa shape index (κ3) is 5.81. The monoisotopic (exact) mass is 455 g/mol. The van der Waals surface area contributed by atoms with Crippen LogP contribution in [-0.4, -0.2) is 48.5 Å². The number of benzene rings is 2. The molecule has 2 heterocycles. The Morgan fingerprint density at radius 3 is 2.44 bits per heavy atom. The molecule has 2 N–H and O–H groups in total. The molecule has 170 valence electrons. The third-order valence-corrected chi connectivity index (χ3v) is 6.68. The summed E-state index contributed by atoms with van der Waals surface area (Å²) < 4.78 is 5.17. The van der Waals surface area contributed by atoms with E-state index >= 15 is 0 Å². The van der Waals surface area contributed by atoms with Crippen LogP contribution in [0.2, 0.25) is 5.02 Å². The predicted molar refractivity (Wildman–Crippen MR) is 126 cm³/mol. The molecule has 2 atom stereocenters. The van der Waals surface area contributed by atoms with E-state index in [0.29, 0.717) is 35.8 Å². The number of anilines is 1. The second kappa shape index (κ2) is 10.4. The fourth-order valence-electron chi connectivity index (χ4n) is 4.99. The van der Waals surface area contributed by atoms with Crippen molar-refractivity contribution < 1.29 is 14.3 Å². The molecule has 0 spiro atoms. The van der Waals surface area contributed by atoms with Crippen molar-refractivity contribution in [3.05, 3.63) is 59.1 Å². The smallest absolute Gasteiger partial charge is 0.238 e. The Morgan fingerprint density at radius 2 is 1.78 bits per heavy atom. The van der Waals surface area contributed by atoms with Crippen LogP contribution in [0, 0.1) is 0 Å². The van der Waals surface area contributed by atoms with Crippen LogP contribution in [0.25, 0.3) is 0 Å². The maximum atomic E-state index is 12.7. The van der Waals surface area contributed by atoms with Crippen molar-refractivity contribution in [1.82, 2.24) is 10.2 Å². The number of methoxy groups -OCH3 is 1. The number of rotatable bonds is 7. The molecule has 0 radical (unpaired) electrons. The molecule has 2 aliphatic rings. The van der Waals surface area contributed by atoms with Crippen molar-refractivity contribution in [3.63, 3.8) is 0 Å². The van der Waals surface area contributed by atoms with Gasteiger partial charge in [-0.05, 0) is 61.6 Å². The molecule has 4 rings (SSSR count). The molecule has 2 unspecified atom stereocenters. The Labute approximate surface area is 194 Å². The molecule has 2 saturated heterocycles. The van der Waals surface area contributed by atoms with Crippen LogP contribution >= 0.6 is 11.6 Å². The molecule has 0 aromatic heterocycles. The molecular formula is C25H30ClN3O3. The average Bonchev–Trinajstić information content (AvgIpc) is 2.74. The number of ether oxygens (including phenoxy) is 1. The predicted octanol–water partition coefficient (Wildman–Crippen LogP) is 4.03. The Kier molecular flexibility index (Phi) is 7.33. The van der Waals surface area contributed by atoms with Gasteiger partial charge in [0, 0.05) is 28.8 Å². The van der Waals surface area contributed by atoms with Crippen LogP contribution < -0.4 is 15.4 Å². The zero-order chi connectivity index (χ0) is 22.5. The van der Waals surface area contributed by atoms with Gasteiger partial charge in [0.15, 0.2) is 0 Å². The fraction of sp³-hybridized carbons (Fsp3) is 0.440. The number of halogens is 1. The van der Waals surface area contributed by atoms with Gasteiger partial charge >= 0.3 is 0 Å². The van der Waals surface area contributed by atoms with Crippen LogP contribution in [-0.2, 0) is 16.0 Å². The first kappa shape index (κ1) is 22.6. The van der Waals surface area contributed by atoms with Crippen LogP contribution in [0.4, 0.5) is 5.69 Å². The highest BCUT2D eigenvalue weighted by Gasteiger charge is 2.39. The fourth-order valence-corrected chi connectivity index (χ4v) is 5.18. The molecule has 2 fully saturated rings. The van der Waals surface area contributed by atoms with Gasteiger partial charge in [-0.15, -0.1) is 0 Å². The molecule has 0 aliphatic carbocycles. The summed E-state index contributed by atoms with van der Waals surface area (Å²) in [5, 5.41) is 6.79. The molecular weight excluding hydrogens is 426 g/mol. The van der Waals surface area contributed by atoms with E-state index in [0.717, 1.165) is 37.0 Å². The number of hydrogen-bond donors (Lipinski definition) is 2. The first-order valence-corrected chi connectivity index (χ1v) is 11.6.